The number of pyridine rings is 1. The first-order valence-electron chi connectivity index (χ1n) is 8.50. The molecule has 1 aromatic carbocycles. The first-order chi connectivity index (χ1) is 12.8. The summed E-state index contributed by atoms with van der Waals surface area (Å²) in [6.45, 7) is 2.06. The molecular formula is C19H20Cl3NO4. The summed E-state index contributed by atoms with van der Waals surface area (Å²) in [5.74, 6) is 0.356. The monoisotopic (exact) mass is 431 g/mol. The fourth-order valence-corrected chi connectivity index (χ4v) is 2.63. The zero-order valence-electron chi connectivity index (χ0n) is 14.7. The lowest BCUT2D eigenvalue weighted by Crippen LogP contribution is -2.26. The Balaban J connectivity index is 1.97. The smallest absolute Gasteiger partial charge is 0.344 e. The van der Waals surface area contributed by atoms with Gasteiger partial charge in [-0.05, 0) is 43.2 Å². The predicted octanol–water partition coefficient (Wildman–Crippen LogP) is 6.11. The molecule has 27 heavy (non-hydrogen) atoms. The quantitative estimate of drug-likeness (QED) is 0.382. The zero-order chi connectivity index (χ0) is 19.9. The van der Waals surface area contributed by atoms with E-state index in [1.807, 2.05) is 0 Å². The molecule has 0 bridgehead atoms. The van der Waals surface area contributed by atoms with Gasteiger partial charge in [0.2, 0.25) is 9.67 Å². The van der Waals surface area contributed by atoms with Crippen molar-refractivity contribution in [2.75, 3.05) is 0 Å². The van der Waals surface area contributed by atoms with Gasteiger partial charge in [0.05, 0.1) is 0 Å². The Morgan fingerprint density at radius 2 is 1.78 bits per heavy atom. The third-order valence-electron chi connectivity index (χ3n) is 3.73. The number of hydrogen-bond donors (Lipinski definition) is 1. The van der Waals surface area contributed by atoms with E-state index in [1.165, 1.54) is 6.20 Å². The third-order valence-corrected chi connectivity index (χ3v) is 4.39. The Bertz CT molecular complexity index is 730. The summed E-state index contributed by atoms with van der Waals surface area (Å²) >= 11 is 17.4. The lowest BCUT2D eigenvalue weighted by Gasteiger charge is -2.15. The van der Waals surface area contributed by atoms with E-state index in [0.29, 0.717) is 29.4 Å². The first-order valence-corrected chi connectivity index (χ1v) is 9.63. The van der Waals surface area contributed by atoms with Crippen LogP contribution in [0.25, 0.3) is 0 Å². The Labute approximate surface area is 173 Å². The number of rotatable bonds is 9. The van der Waals surface area contributed by atoms with Gasteiger partial charge in [0.25, 0.3) is 0 Å². The summed E-state index contributed by atoms with van der Waals surface area (Å²) in [6, 6.07) is 9.85. The molecule has 0 aliphatic heterocycles. The Kier molecular flexibility index (Phi) is 8.02. The predicted molar refractivity (Wildman–Crippen MR) is 106 cm³/mol. The molecule has 0 saturated carbocycles. The van der Waals surface area contributed by atoms with Crippen molar-refractivity contribution in [1.82, 2.24) is 4.98 Å². The highest BCUT2D eigenvalue weighted by Crippen LogP contribution is 2.38. The maximum absolute atomic E-state index is 11.3. The van der Waals surface area contributed by atoms with Crippen molar-refractivity contribution in [2.24, 2.45) is 0 Å². The van der Waals surface area contributed by atoms with Gasteiger partial charge in [-0.3, -0.25) is 0 Å². The number of aliphatic carboxylic acids is 1. The summed E-state index contributed by atoms with van der Waals surface area (Å²) in [5.41, 5.74) is 0.436. The average Bonchev–Trinajstić information content (AvgIpc) is 2.62. The van der Waals surface area contributed by atoms with Crippen LogP contribution >= 0.6 is 34.8 Å². The molecule has 1 N–H and O–H groups in total. The lowest BCUT2D eigenvalue weighted by molar-refractivity contribution is -0.145. The third kappa shape index (κ3) is 7.09. The van der Waals surface area contributed by atoms with Crippen LogP contribution in [0.4, 0.5) is 0 Å². The number of carboxylic acid groups (broad SMARTS) is 1. The minimum absolute atomic E-state index is 0.338. The van der Waals surface area contributed by atoms with Crippen molar-refractivity contribution >= 4 is 40.8 Å². The Hall–Kier alpha value is -1.69. The summed E-state index contributed by atoms with van der Waals surface area (Å²) in [7, 11) is 0. The van der Waals surface area contributed by atoms with Gasteiger partial charge in [-0.15, -0.1) is 0 Å². The maximum Gasteiger partial charge on any atom is 0.344 e. The van der Waals surface area contributed by atoms with Crippen LogP contribution in [0.15, 0.2) is 42.6 Å². The second kappa shape index (κ2) is 10.0. The van der Waals surface area contributed by atoms with Crippen LogP contribution in [-0.4, -0.2) is 22.2 Å². The summed E-state index contributed by atoms with van der Waals surface area (Å²) in [4.78, 5) is 15.4. The van der Waals surface area contributed by atoms with E-state index in [4.69, 9.17) is 44.3 Å². The van der Waals surface area contributed by atoms with E-state index in [-0.39, 0.29) is 0 Å². The van der Waals surface area contributed by atoms with E-state index in [9.17, 15) is 9.90 Å². The fourth-order valence-electron chi connectivity index (χ4n) is 2.29. The molecule has 0 amide bonds. The van der Waals surface area contributed by atoms with Crippen molar-refractivity contribution in [2.45, 2.75) is 42.5 Å². The zero-order valence-corrected chi connectivity index (χ0v) is 17.0. The van der Waals surface area contributed by atoms with Crippen LogP contribution in [0.1, 0.15) is 38.2 Å². The van der Waals surface area contributed by atoms with Crippen molar-refractivity contribution in [1.29, 1.82) is 0 Å². The minimum Gasteiger partial charge on any atom is -0.479 e. The van der Waals surface area contributed by atoms with Gasteiger partial charge in [-0.25, -0.2) is 9.78 Å². The molecule has 5 nitrogen and oxygen atoms in total. The normalized spacial score (nSPS) is 12.4. The van der Waals surface area contributed by atoms with Gasteiger partial charge in [0, 0.05) is 17.8 Å². The number of ether oxygens (including phenoxy) is 2. The van der Waals surface area contributed by atoms with Crippen LogP contribution in [0, 0.1) is 0 Å². The van der Waals surface area contributed by atoms with E-state index in [2.05, 4.69) is 11.9 Å². The molecule has 0 aliphatic rings. The largest absolute Gasteiger partial charge is 0.479 e. The van der Waals surface area contributed by atoms with Crippen molar-refractivity contribution in [3.8, 4) is 17.4 Å². The van der Waals surface area contributed by atoms with Crippen LogP contribution in [0.2, 0.25) is 0 Å². The van der Waals surface area contributed by atoms with Crippen molar-refractivity contribution in [3.63, 3.8) is 0 Å². The Morgan fingerprint density at radius 1 is 1.11 bits per heavy atom. The Morgan fingerprint density at radius 3 is 2.30 bits per heavy atom. The molecule has 1 heterocycles. The molecule has 146 valence electrons. The van der Waals surface area contributed by atoms with Crippen molar-refractivity contribution < 1.29 is 19.4 Å². The second-order valence-electron chi connectivity index (χ2n) is 5.90. The number of alkyl halides is 3. The van der Waals surface area contributed by atoms with Gasteiger partial charge in [0.15, 0.2) is 6.10 Å². The number of aromatic nitrogens is 1. The molecule has 0 saturated heterocycles. The molecule has 8 heteroatoms. The molecule has 0 radical (unpaired) electrons. The highest BCUT2D eigenvalue weighted by molar-refractivity contribution is 6.66. The van der Waals surface area contributed by atoms with Gasteiger partial charge < -0.3 is 14.6 Å². The summed E-state index contributed by atoms with van der Waals surface area (Å²) < 4.78 is 9.65. The highest BCUT2D eigenvalue weighted by Gasteiger charge is 2.23. The molecule has 0 fully saturated rings. The second-order valence-corrected chi connectivity index (χ2v) is 8.18. The van der Waals surface area contributed by atoms with Crippen LogP contribution < -0.4 is 9.47 Å². The van der Waals surface area contributed by atoms with E-state index < -0.39 is 15.9 Å². The van der Waals surface area contributed by atoms with Gasteiger partial charge in [-0.1, -0.05) is 54.6 Å². The number of unbranched alkanes of at least 4 members (excludes halogenated alkanes) is 2. The van der Waals surface area contributed by atoms with Gasteiger partial charge >= 0.3 is 5.97 Å². The lowest BCUT2D eigenvalue weighted by atomic mass is 10.1. The van der Waals surface area contributed by atoms with Crippen LogP contribution in [0.3, 0.4) is 0 Å². The fraction of sp³-hybridized carbons (Fsp3) is 0.368. The molecule has 2 aromatic rings. The minimum atomic E-state index is -1.54. The molecule has 0 aliphatic carbocycles. The number of carboxylic acids is 1. The molecule has 1 unspecified atom stereocenters. The molecule has 1 atom stereocenters. The van der Waals surface area contributed by atoms with Gasteiger partial charge in [0.1, 0.15) is 11.5 Å². The van der Waals surface area contributed by atoms with Gasteiger partial charge in [-0.2, -0.15) is 0 Å². The van der Waals surface area contributed by atoms with Crippen molar-refractivity contribution in [3.05, 3.63) is 48.2 Å². The highest BCUT2D eigenvalue weighted by atomic mass is 35.6. The average molecular weight is 433 g/mol. The molecule has 0 spiro atoms. The molecule has 2 rings (SSSR count). The molecule has 1 aromatic heterocycles. The number of carbonyl (C=O) groups is 1. The van der Waals surface area contributed by atoms with E-state index in [0.717, 1.165) is 19.3 Å². The SMILES string of the molecule is CCCCCC(Oc1ccc(Oc2ccc(C(Cl)(Cl)Cl)cn2)cc1)C(=O)O. The summed E-state index contributed by atoms with van der Waals surface area (Å²) in [6.07, 6.45) is 3.84. The molecular weight excluding hydrogens is 413 g/mol. The number of hydrogen-bond acceptors (Lipinski definition) is 4. The van der Waals surface area contributed by atoms with E-state index in [1.54, 1.807) is 36.4 Å². The van der Waals surface area contributed by atoms with Crippen LogP contribution in [0.5, 0.6) is 17.4 Å². The number of nitrogens with zero attached hydrogens (tertiary/aromatic N) is 1. The van der Waals surface area contributed by atoms with Crippen LogP contribution in [-0.2, 0) is 8.59 Å². The first kappa shape index (κ1) is 21.6. The maximum atomic E-state index is 11.3. The summed E-state index contributed by atoms with van der Waals surface area (Å²) in [5, 5.41) is 9.28. The number of halogens is 3. The van der Waals surface area contributed by atoms with E-state index >= 15 is 0 Å². The standard InChI is InChI=1S/C19H20Cl3NO4/c1-2-3-4-5-16(18(24)25)26-14-7-9-15(10-8-14)27-17-11-6-13(12-23-17)19(20,21)22/h6-12,16H,2-5H2,1H3,(H,24,25). The topological polar surface area (TPSA) is 68.7 Å². The number of benzene rings is 1.